The van der Waals surface area contributed by atoms with Crippen LogP contribution < -0.4 is 10.2 Å². The van der Waals surface area contributed by atoms with E-state index in [0.29, 0.717) is 0 Å². The Balaban J connectivity index is 2.07. The van der Waals surface area contributed by atoms with E-state index in [1.165, 1.54) is 25.1 Å². The minimum atomic E-state index is -1.24. The summed E-state index contributed by atoms with van der Waals surface area (Å²) in [5.41, 5.74) is -0.118. The van der Waals surface area contributed by atoms with Crippen molar-refractivity contribution < 1.29 is 28.7 Å². The fourth-order valence-electron chi connectivity index (χ4n) is 2.25. The summed E-state index contributed by atoms with van der Waals surface area (Å²) in [6.07, 6.45) is -0.149. The van der Waals surface area contributed by atoms with Crippen LogP contribution in [0.5, 0.6) is 0 Å². The lowest BCUT2D eigenvalue weighted by molar-refractivity contribution is -0.140. The van der Waals surface area contributed by atoms with Gasteiger partial charge in [0.1, 0.15) is 11.9 Å². The minimum absolute atomic E-state index is 0.0797. The molecular weight excluding hydrogens is 339 g/mol. The molecule has 0 spiro atoms. The van der Waals surface area contributed by atoms with Gasteiger partial charge in [-0.05, 0) is 12.1 Å². The molecule has 3 amide bonds. The second-order valence-corrected chi connectivity index (χ2v) is 6.37. The number of rotatable bonds is 6. The number of para-hydroxylation sites is 1. The molecule has 1 fully saturated rings. The number of anilines is 1. The summed E-state index contributed by atoms with van der Waals surface area (Å²) < 4.78 is 13.8. The summed E-state index contributed by atoms with van der Waals surface area (Å²) in [6, 6.07) is 4.26. The number of nitrogens with zero attached hydrogens (tertiary/aromatic N) is 1. The molecule has 1 aromatic rings. The van der Waals surface area contributed by atoms with E-state index in [2.05, 4.69) is 5.32 Å². The van der Waals surface area contributed by atoms with Crippen LogP contribution in [0.1, 0.15) is 13.3 Å². The first-order valence-electron chi connectivity index (χ1n) is 7.04. The molecule has 7 nitrogen and oxygen atoms in total. The number of carbonyl (C=O) groups is 4. The Kier molecular flexibility index (Phi) is 5.55. The highest BCUT2D eigenvalue weighted by atomic mass is 32.2. The van der Waals surface area contributed by atoms with Crippen LogP contribution in [0.4, 0.5) is 10.1 Å². The molecular formula is C15H15FN2O5S. The minimum Gasteiger partial charge on any atom is -0.480 e. The van der Waals surface area contributed by atoms with Crippen LogP contribution in [0.3, 0.4) is 0 Å². The number of hydrogen-bond donors (Lipinski definition) is 2. The zero-order valence-corrected chi connectivity index (χ0v) is 13.5. The third-order valence-corrected chi connectivity index (χ3v) is 4.63. The second-order valence-electron chi connectivity index (χ2n) is 5.14. The van der Waals surface area contributed by atoms with Crippen LogP contribution >= 0.6 is 11.8 Å². The predicted octanol–water partition coefficient (Wildman–Crippen LogP) is 0.780. The van der Waals surface area contributed by atoms with Crippen LogP contribution in [0.2, 0.25) is 0 Å². The molecule has 2 N–H and O–H groups in total. The number of aliphatic carboxylic acids is 1. The Morgan fingerprint density at radius 1 is 1.42 bits per heavy atom. The summed E-state index contributed by atoms with van der Waals surface area (Å²) >= 11 is 0.949. The van der Waals surface area contributed by atoms with Crippen molar-refractivity contribution in [3.63, 3.8) is 0 Å². The second kappa shape index (κ2) is 7.43. The Bertz CT molecular complexity index is 696. The number of amides is 3. The molecule has 0 aliphatic carbocycles. The van der Waals surface area contributed by atoms with Gasteiger partial charge in [-0.2, -0.15) is 0 Å². The molecule has 1 aliphatic heterocycles. The summed E-state index contributed by atoms with van der Waals surface area (Å²) in [6.45, 7) is 1.19. The van der Waals surface area contributed by atoms with Crippen molar-refractivity contribution in [2.75, 3.05) is 10.7 Å². The van der Waals surface area contributed by atoms with Crippen molar-refractivity contribution in [3.05, 3.63) is 30.1 Å². The smallest absolute Gasteiger partial charge is 0.327 e. The van der Waals surface area contributed by atoms with E-state index >= 15 is 0 Å². The van der Waals surface area contributed by atoms with Gasteiger partial charge in [-0.25, -0.2) is 14.1 Å². The van der Waals surface area contributed by atoms with Crippen molar-refractivity contribution >= 4 is 41.1 Å². The van der Waals surface area contributed by atoms with Crippen molar-refractivity contribution in [1.82, 2.24) is 5.32 Å². The van der Waals surface area contributed by atoms with Crippen molar-refractivity contribution in [3.8, 4) is 0 Å². The molecule has 0 radical (unpaired) electrons. The maximum atomic E-state index is 13.8. The third kappa shape index (κ3) is 3.91. The standard InChI is InChI=1S/C15H15FN2O5S/c1-8(19)17-10(15(22)23)7-24-12-6-13(20)18(14(12)21)11-5-3-2-4-9(11)16/h2-5,10,12H,6-7H2,1H3,(H,17,19)(H,22,23)/t10-,12+/m1/s1. The first kappa shape index (κ1) is 17.9. The maximum Gasteiger partial charge on any atom is 0.327 e. The van der Waals surface area contributed by atoms with E-state index < -0.39 is 40.8 Å². The predicted molar refractivity (Wildman–Crippen MR) is 85.0 cm³/mol. The maximum absolute atomic E-state index is 13.8. The van der Waals surface area contributed by atoms with E-state index in [0.717, 1.165) is 22.7 Å². The van der Waals surface area contributed by atoms with E-state index in [9.17, 15) is 23.6 Å². The Labute approximate surface area is 141 Å². The fourth-order valence-corrected chi connectivity index (χ4v) is 3.41. The van der Waals surface area contributed by atoms with Gasteiger partial charge >= 0.3 is 5.97 Å². The van der Waals surface area contributed by atoms with Gasteiger partial charge in [-0.15, -0.1) is 11.8 Å². The quantitative estimate of drug-likeness (QED) is 0.732. The molecule has 0 saturated carbocycles. The highest BCUT2D eigenvalue weighted by Gasteiger charge is 2.41. The van der Waals surface area contributed by atoms with Gasteiger partial charge in [0.2, 0.25) is 17.7 Å². The number of carbonyl (C=O) groups excluding carboxylic acids is 3. The van der Waals surface area contributed by atoms with Crippen molar-refractivity contribution in [2.24, 2.45) is 0 Å². The van der Waals surface area contributed by atoms with Crippen LogP contribution in [-0.2, 0) is 19.2 Å². The highest BCUT2D eigenvalue weighted by Crippen LogP contribution is 2.31. The van der Waals surface area contributed by atoms with Gasteiger partial charge in [0, 0.05) is 19.1 Å². The van der Waals surface area contributed by atoms with E-state index in [4.69, 9.17) is 5.11 Å². The molecule has 24 heavy (non-hydrogen) atoms. The van der Waals surface area contributed by atoms with Crippen LogP contribution in [-0.4, -0.2) is 45.8 Å². The van der Waals surface area contributed by atoms with E-state index in [1.807, 2.05) is 0 Å². The first-order valence-corrected chi connectivity index (χ1v) is 8.09. The van der Waals surface area contributed by atoms with E-state index in [-0.39, 0.29) is 17.9 Å². The lowest BCUT2D eigenvalue weighted by Gasteiger charge is -2.17. The van der Waals surface area contributed by atoms with E-state index in [1.54, 1.807) is 0 Å². The van der Waals surface area contributed by atoms with Gasteiger partial charge < -0.3 is 10.4 Å². The van der Waals surface area contributed by atoms with Gasteiger partial charge in [-0.1, -0.05) is 12.1 Å². The Hall–Kier alpha value is -2.42. The molecule has 0 aromatic heterocycles. The fraction of sp³-hybridized carbons (Fsp3) is 0.333. The molecule has 0 bridgehead atoms. The van der Waals surface area contributed by atoms with Crippen LogP contribution in [0.15, 0.2) is 24.3 Å². The molecule has 2 rings (SSSR count). The number of benzene rings is 1. The number of thioether (sulfide) groups is 1. The van der Waals surface area contributed by atoms with Gasteiger partial charge in [0.05, 0.1) is 10.9 Å². The largest absolute Gasteiger partial charge is 0.480 e. The number of carboxylic acids is 1. The molecule has 1 heterocycles. The van der Waals surface area contributed by atoms with Gasteiger partial charge in [0.25, 0.3) is 0 Å². The molecule has 0 unspecified atom stereocenters. The van der Waals surface area contributed by atoms with Crippen LogP contribution in [0, 0.1) is 5.82 Å². The van der Waals surface area contributed by atoms with Gasteiger partial charge in [-0.3, -0.25) is 14.4 Å². The molecule has 9 heteroatoms. The number of halogens is 1. The Morgan fingerprint density at radius 2 is 2.08 bits per heavy atom. The lowest BCUT2D eigenvalue weighted by Crippen LogP contribution is -2.42. The third-order valence-electron chi connectivity index (χ3n) is 3.34. The average Bonchev–Trinajstić information content (AvgIpc) is 2.78. The average molecular weight is 354 g/mol. The molecule has 128 valence electrons. The molecule has 1 saturated heterocycles. The van der Waals surface area contributed by atoms with Crippen molar-refractivity contribution in [2.45, 2.75) is 24.6 Å². The van der Waals surface area contributed by atoms with Crippen molar-refractivity contribution in [1.29, 1.82) is 0 Å². The zero-order valence-electron chi connectivity index (χ0n) is 12.7. The summed E-state index contributed by atoms with van der Waals surface area (Å²) in [5, 5.41) is 10.5. The number of imide groups is 1. The summed E-state index contributed by atoms with van der Waals surface area (Å²) in [5.74, 6) is -3.66. The molecule has 1 aliphatic rings. The molecule has 1 aromatic carbocycles. The van der Waals surface area contributed by atoms with Crippen LogP contribution in [0.25, 0.3) is 0 Å². The zero-order chi connectivity index (χ0) is 17.9. The lowest BCUT2D eigenvalue weighted by atomic mass is 10.3. The monoisotopic (exact) mass is 354 g/mol. The summed E-state index contributed by atoms with van der Waals surface area (Å²) in [7, 11) is 0. The Morgan fingerprint density at radius 3 is 2.67 bits per heavy atom. The van der Waals surface area contributed by atoms with Gasteiger partial charge in [0.15, 0.2) is 0 Å². The number of hydrogen-bond acceptors (Lipinski definition) is 5. The number of nitrogens with one attached hydrogen (secondary N) is 1. The first-order chi connectivity index (χ1) is 11.3. The SMILES string of the molecule is CC(=O)N[C@H](CS[C@H]1CC(=O)N(c2ccccc2F)C1=O)C(=O)O. The highest BCUT2D eigenvalue weighted by molar-refractivity contribution is 8.00. The normalized spacial score (nSPS) is 18.6. The number of carboxylic acid groups (broad SMARTS) is 1. The summed E-state index contributed by atoms with van der Waals surface area (Å²) in [4.78, 5) is 47.2. The molecule has 2 atom stereocenters. The topological polar surface area (TPSA) is 104 Å².